The molecule has 2 amide bonds. The van der Waals surface area contributed by atoms with Gasteiger partial charge < -0.3 is 9.47 Å². The average Bonchev–Trinajstić information content (AvgIpc) is 2.88. The zero-order valence-electron chi connectivity index (χ0n) is 15.8. The van der Waals surface area contributed by atoms with E-state index in [9.17, 15) is 9.59 Å². The number of thiazole rings is 1. The number of rotatable bonds is 4. The minimum absolute atomic E-state index is 0.119. The van der Waals surface area contributed by atoms with Crippen molar-refractivity contribution in [1.29, 1.82) is 0 Å². The lowest BCUT2D eigenvalue weighted by atomic mass is 9.92. The van der Waals surface area contributed by atoms with Gasteiger partial charge in [0.15, 0.2) is 4.80 Å². The molecule has 1 fully saturated rings. The van der Waals surface area contributed by atoms with Gasteiger partial charge in [-0.1, -0.05) is 36.8 Å². The van der Waals surface area contributed by atoms with Gasteiger partial charge in [-0.05, 0) is 36.5 Å². The van der Waals surface area contributed by atoms with Crippen LogP contribution in [0.25, 0.3) is 10.2 Å². The van der Waals surface area contributed by atoms with Crippen LogP contribution in [-0.2, 0) is 16.6 Å². The van der Waals surface area contributed by atoms with Crippen molar-refractivity contribution in [2.45, 2.75) is 20.3 Å². The maximum atomic E-state index is 12.4. The number of nitrogens with zero attached hydrogens (tertiary/aromatic N) is 3. The number of carbonyl (C=O) groups is 2. The molecule has 1 aromatic heterocycles. The molecule has 2 unspecified atom stereocenters. The van der Waals surface area contributed by atoms with Crippen molar-refractivity contribution in [2.24, 2.45) is 23.9 Å². The first-order valence-corrected chi connectivity index (χ1v) is 11.4. The lowest BCUT2D eigenvalue weighted by molar-refractivity contribution is -0.130. The second-order valence-electron chi connectivity index (χ2n) is 7.30. The molecule has 2 atom stereocenters. The number of hydrogen-bond acceptors (Lipinski definition) is 4. The molecule has 0 spiro atoms. The van der Waals surface area contributed by atoms with Gasteiger partial charge in [-0.3, -0.25) is 9.59 Å². The lowest BCUT2D eigenvalue weighted by Gasteiger charge is -2.35. The van der Waals surface area contributed by atoms with E-state index < -0.39 is 0 Å². The fraction of sp³-hybridized carbons (Fsp3) is 0.526. The Kier molecular flexibility index (Phi) is 6.65. The molecular formula is C19H24ClN3O2S2. The highest BCUT2D eigenvalue weighted by Gasteiger charge is 2.25. The van der Waals surface area contributed by atoms with Crippen molar-refractivity contribution in [3.63, 3.8) is 0 Å². The molecule has 1 saturated heterocycles. The molecular weight excluding hydrogens is 402 g/mol. The van der Waals surface area contributed by atoms with E-state index in [1.54, 1.807) is 0 Å². The van der Waals surface area contributed by atoms with Crippen LogP contribution in [0.3, 0.4) is 0 Å². The van der Waals surface area contributed by atoms with Gasteiger partial charge in [0.05, 0.1) is 21.7 Å². The molecule has 146 valence electrons. The fourth-order valence-electron chi connectivity index (χ4n) is 3.54. The highest BCUT2D eigenvalue weighted by Crippen LogP contribution is 2.22. The van der Waals surface area contributed by atoms with Gasteiger partial charge in [0.25, 0.3) is 5.91 Å². The quantitative estimate of drug-likeness (QED) is 0.752. The Bertz CT molecular complexity index is 911. The normalized spacial score (nSPS) is 21.0. The van der Waals surface area contributed by atoms with Crippen molar-refractivity contribution in [2.75, 3.05) is 24.6 Å². The van der Waals surface area contributed by atoms with Gasteiger partial charge in [0, 0.05) is 25.2 Å². The molecule has 0 N–H and O–H groups in total. The summed E-state index contributed by atoms with van der Waals surface area (Å²) in [4.78, 5) is 31.4. The number of halogens is 1. The van der Waals surface area contributed by atoms with Crippen LogP contribution in [0.5, 0.6) is 0 Å². The Morgan fingerprint density at radius 2 is 1.96 bits per heavy atom. The average molecular weight is 426 g/mol. The molecule has 27 heavy (non-hydrogen) atoms. The van der Waals surface area contributed by atoms with E-state index in [-0.39, 0.29) is 17.6 Å². The second kappa shape index (κ2) is 8.80. The first kappa shape index (κ1) is 20.4. The molecule has 5 nitrogen and oxygen atoms in total. The van der Waals surface area contributed by atoms with E-state index in [0.717, 1.165) is 23.3 Å². The Morgan fingerprint density at radius 1 is 1.26 bits per heavy atom. The monoisotopic (exact) mass is 425 g/mol. The SMILES string of the molecule is CC1CC(C)CN(C(=O)CSCC(=O)N=c2sc3cc(Cl)ccc3n2C)C1. The van der Waals surface area contributed by atoms with E-state index in [2.05, 4.69) is 18.8 Å². The summed E-state index contributed by atoms with van der Waals surface area (Å²) in [5.41, 5.74) is 0.993. The number of fused-ring (bicyclic) bond motifs is 1. The summed E-state index contributed by atoms with van der Waals surface area (Å²) in [7, 11) is 1.88. The molecule has 0 saturated carbocycles. The number of hydrogen-bond donors (Lipinski definition) is 0. The molecule has 0 bridgehead atoms. The highest BCUT2D eigenvalue weighted by atomic mass is 35.5. The summed E-state index contributed by atoms with van der Waals surface area (Å²) < 4.78 is 2.88. The lowest BCUT2D eigenvalue weighted by Crippen LogP contribution is -2.43. The van der Waals surface area contributed by atoms with Crippen LogP contribution in [0.1, 0.15) is 20.3 Å². The molecule has 1 aliphatic rings. The largest absolute Gasteiger partial charge is 0.341 e. The molecule has 2 aromatic rings. The molecule has 0 radical (unpaired) electrons. The minimum Gasteiger partial charge on any atom is -0.341 e. The van der Waals surface area contributed by atoms with Gasteiger partial charge in [0.1, 0.15) is 0 Å². The number of thioether (sulfide) groups is 1. The van der Waals surface area contributed by atoms with E-state index >= 15 is 0 Å². The topological polar surface area (TPSA) is 54.7 Å². The summed E-state index contributed by atoms with van der Waals surface area (Å²) in [5, 5.41) is 0.664. The Morgan fingerprint density at radius 3 is 2.67 bits per heavy atom. The van der Waals surface area contributed by atoms with E-state index in [1.807, 2.05) is 34.7 Å². The molecule has 1 aliphatic heterocycles. The third kappa shape index (κ3) is 5.15. The van der Waals surface area contributed by atoms with Gasteiger partial charge in [-0.25, -0.2) is 0 Å². The van der Waals surface area contributed by atoms with Crippen LogP contribution < -0.4 is 4.80 Å². The summed E-state index contributed by atoms with van der Waals surface area (Å²) in [6.07, 6.45) is 1.17. The standard InChI is InChI=1S/C19H24ClN3O2S2/c1-12-6-13(2)9-23(8-12)18(25)11-26-10-17(24)21-19-22(3)15-5-4-14(20)7-16(15)27-19/h4-5,7,12-13H,6,8-11H2,1-3H3. The van der Waals surface area contributed by atoms with Gasteiger partial charge in [-0.15, -0.1) is 11.8 Å². The highest BCUT2D eigenvalue weighted by molar-refractivity contribution is 8.00. The number of aromatic nitrogens is 1. The van der Waals surface area contributed by atoms with Gasteiger partial charge >= 0.3 is 0 Å². The zero-order valence-corrected chi connectivity index (χ0v) is 18.2. The third-order valence-electron chi connectivity index (χ3n) is 4.66. The summed E-state index contributed by atoms with van der Waals surface area (Å²) in [6, 6.07) is 5.62. The molecule has 1 aromatic carbocycles. The molecule has 3 rings (SSSR count). The van der Waals surface area contributed by atoms with Crippen molar-refractivity contribution < 1.29 is 9.59 Å². The van der Waals surface area contributed by atoms with Crippen LogP contribution in [0.15, 0.2) is 23.2 Å². The van der Waals surface area contributed by atoms with Crippen LogP contribution >= 0.6 is 34.7 Å². The summed E-state index contributed by atoms with van der Waals surface area (Å²) in [5.74, 6) is 1.52. The number of piperidine rings is 1. The Hall–Kier alpha value is -1.31. The first-order valence-electron chi connectivity index (χ1n) is 9.01. The van der Waals surface area contributed by atoms with Crippen LogP contribution in [0.2, 0.25) is 5.02 Å². The Labute approximate surface area is 172 Å². The molecule has 8 heteroatoms. The Balaban J connectivity index is 1.57. The van der Waals surface area contributed by atoms with Crippen molar-refractivity contribution >= 4 is 56.7 Å². The van der Waals surface area contributed by atoms with Crippen molar-refractivity contribution in [3.05, 3.63) is 28.0 Å². The van der Waals surface area contributed by atoms with Crippen LogP contribution in [-0.4, -0.2) is 45.9 Å². The van der Waals surface area contributed by atoms with E-state index in [4.69, 9.17) is 11.6 Å². The minimum atomic E-state index is -0.221. The number of benzene rings is 1. The predicted octanol–water partition coefficient (Wildman–Crippen LogP) is 3.56. The van der Waals surface area contributed by atoms with Crippen molar-refractivity contribution in [3.8, 4) is 0 Å². The van der Waals surface area contributed by atoms with Crippen molar-refractivity contribution in [1.82, 2.24) is 9.47 Å². The number of aryl methyl sites for hydroxylation is 1. The zero-order chi connectivity index (χ0) is 19.6. The fourth-order valence-corrected chi connectivity index (χ4v) is 5.55. The maximum absolute atomic E-state index is 12.4. The van der Waals surface area contributed by atoms with Crippen LogP contribution in [0.4, 0.5) is 0 Å². The van der Waals surface area contributed by atoms with Crippen LogP contribution in [0, 0.1) is 11.8 Å². The van der Waals surface area contributed by atoms with Gasteiger partial charge in [-0.2, -0.15) is 4.99 Å². The van der Waals surface area contributed by atoms with E-state index in [0.29, 0.717) is 27.4 Å². The third-order valence-corrected chi connectivity index (χ3v) is 6.90. The smallest absolute Gasteiger partial charge is 0.258 e. The molecule has 0 aliphatic carbocycles. The summed E-state index contributed by atoms with van der Waals surface area (Å²) in [6.45, 7) is 6.01. The predicted molar refractivity (Wildman–Crippen MR) is 113 cm³/mol. The first-order chi connectivity index (χ1) is 12.8. The number of likely N-dealkylation sites (tertiary alicyclic amines) is 1. The number of carbonyl (C=O) groups excluding carboxylic acids is 2. The van der Waals surface area contributed by atoms with Gasteiger partial charge in [0.2, 0.25) is 5.91 Å². The second-order valence-corrected chi connectivity index (χ2v) is 9.73. The summed E-state index contributed by atoms with van der Waals surface area (Å²) >= 11 is 8.80. The number of amides is 2. The maximum Gasteiger partial charge on any atom is 0.258 e. The van der Waals surface area contributed by atoms with E-state index in [1.165, 1.54) is 29.5 Å². The molecule has 2 heterocycles.